The van der Waals surface area contributed by atoms with Crippen molar-refractivity contribution >= 4 is 63.2 Å². The first kappa shape index (κ1) is 23.4. The van der Waals surface area contributed by atoms with Gasteiger partial charge in [0.2, 0.25) is 0 Å². The number of nitrogens with zero attached hydrogens (tertiary/aromatic N) is 1. The standard InChI is InChI=1S/C25H20Cl2N4O3/c1-14-9-15(2)11-18(10-14)28-23(32)22-13-16-12-17(26)7-8-21(16)31(22)30-25(34)24(33)29-20-6-4-3-5-19(20)27/h3-13H,1-2H3,(H,28,32)(H,29,33)(H,30,34). The van der Waals surface area contributed by atoms with E-state index in [1.165, 1.54) is 4.68 Å². The van der Waals surface area contributed by atoms with E-state index in [0.29, 0.717) is 32.3 Å². The molecule has 0 radical (unpaired) electrons. The lowest BCUT2D eigenvalue weighted by atomic mass is 10.1. The molecule has 0 aliphatic heterocycles. The third kappa shape index (κ3) is 5.06. The summed E-state index contributed by atoms with van der Waals surface area (Å²) in [5, 5.41) is 6.68. The highest BCUT2D eigenvalue weighted by Gasteiger charge is 2.22. The van der Waals surface area contributed by atoms with Crippen molar-refractivity contribution in [2.45, 2.75) is 13.8 Å². The van der Waals surface area contributed by atoms with Gasteiger partial charge in [-0.25, -0.2) is 4.68 Å². The number of para-hydroxylation sites is 1. The minimum Gasteiger partial charge on any atom is -0.321 e. The first-order chi connectivity index (χ1) is 16.2. The molecule has 0 aliphatic rings. The van der Waals surface area contributed by atoms with Crippen LogP contribution < -0.4 is 16.1 Å². The second-order valence-corrected chi connectivity index (χ2v) is 8.62. The molecular formula is C25H20Cl2N4O3. The number of carbonyl (C=O) groups excluding carboxylic acids is 3. The Morgan fingerprint density at radius 2 is 1.50 bits per heavy atom. The number of hydrogen-bond acceptors (Lipinski definition) is 3. The van der Waals surface area contributed by atoms with Gasteiger partial charge in [-0.15, -0.1) is 0 Å². The molecule has 34 heavy (non-hydrogen) atoms. The van der Waals surface area contributed by atoms with E-state index in [2.05, 4.69) is 16.1 Å². The molecule has 0 fully saturated rings. The number of halogens is 2. The SMILES string of the molecule is Cc1cc(C)cc(NC(=O)c2cc3cc(Cl)ccc3n2NC(=O)C(=O)Nc2ccccc2Cl)c1. The molecule has 0 aliphatic carbocycles. The lowest BCUT2D eigenvalue weighted by Gasteiger charge is -2.13. The predicted octanol–water partition coefficient (Wildman–Crippen LogP) is 5.53. The van der Waals surface area contributed by atoms with E-state index in [1.807, 2.05) is 32.0 Å². The van der Waals surface area contributed by atoms with Crippen LogP contribution in [-0.2, 0) is 9.59 Å². The number of nitrogens with one attached hydrogen (secondary N) is 3. The van der Waals surface area contributed by atoms with Crippen LogP contribution >= 0.6 is 23.2 Å². The highest BCUT2D eigenvalue weighted by atomic mass is 35.5. The molecule has 4 aromatic rings. The maximum atomic E-state index is 13.2. The molecule has 0 bridgehead atoms. The zero-order chi connectivity index (χ0) is 24.4. The minimum absolute atomic E-state index is 0.121. The normalized spacial score (nSPS) is 10.7. The monoisotopic (exact) mass is 494 g/mol. The van der Waals surface area contributed by atoms with E-state index in [-0.39, 0.29) is 5.69 Å². The summed E-state index contributed by atoms with van der Waals surface area (Å²) in [4.78, 5) is 38.4. The molecule has 9 heteroatoms. The minimum atomic E-state index is -0.979. The van der Waals surface area contributed by atoms with Gasteiger partial charge in [0.15, 0.2) is 0 Å². The lowest BCUT2D eigenvalue weighted by molar-refractivity contribution is -0.133. The van der Waals surface area contributed by atoms with Gasteiger partial charge < -0.3 is 10.6 Å². The van der Waals surface area contributed by atoms with Crippen molar-refractivity contribution in [2.75, 3.05) is 16.1 Å². The summed E-state index contributed by atoms with van der Waals surface area (Å²) < 4.78 is 1.26. The molecule has 4 rings (SSSR count). The van der Waals surface area contributed by atoms with Crippen molar-refractivity contribution in [3.8, 4) is 0 Å². The fourth-order valence-electron chi connectivity index (χ4n) is 3.61. The Morgan fingerprint density at radius 1 is 0.794 bits per heavy atom. The highest BCUT2D eigenvalue weighted by Crippen LogP contribution is 2.24. The van der Waals surface area contributed by atoms with Gasteiger partial charge in [-0.3, -0.25) is 19.8 Å². The van der Waals surface area contributed by atoms with E-state index in [4.69, 9.17) is 23.2 Å². The van der Waals surface area contributed by atoms with Crippen molar-refractivity contribution in [3.63, 3.8) is 0 Å². The van der Waals surface area contributed by atoms with Gasteiger partial charge in [-0.2, -0.15) is 0 Å². The molecule has 0 saturated heterocycles. The zero-order valence-corrected chi connectivity index (χ0v) is 19.8. The van der Waals surface area contributed by atoms with Gasteiger partial charge in [0.05, 0.1) is 16.2 Å². The van der Waals surface area contributed by atoms with E-state index in [0.717, 1.165) is 11.1 Å². The van der Waals surface area contributed by atoms with Crippen molar-refractivity contribution in [1.82, 2.24) is 4.68 Å². The number of carbonyl (C=O) groups is 3. The summed E-state index contributed by atoms with van der Waals surface area (Å²) in [7, 11) is 0. The largest absolute Gasteiger partial charge is 0.328 e. The van der Waals surface area contributed by atoms with Crippen molar-refractivity contribution in [2.24, 2.45) is 0 Å². The molecule has 1 aromatic heterocycles. The number of anilines is 2. The second kappa shape index (κ2) is 9.59. The van der Waals surface area contributed by atoms with Crippen LogP contribution in [0.15, 0.2) is 66.7 Å². The molecular weight excluding hydrogens is 475 g/mol. The second-order valence-electron chi connectivity index (χ2n) is 7.77. The Morgan fingerprint density at radius 3 is 2.21 bits per heavy atom. The van der Waals surface area contributed by atoms with Crippen molar-refractivity contribution < 1.29 is 14.4 Å². The third-order valence-electron chi connectivity index (χ3n) is 5.02. The van der Waals surface area contributed by atoms with Gasteiger partial charge in [-0.05, 0) is 73.5 Å². The van der Waals surface area contributed by atoms with Crippen LogP contribution in [0.4, 0.5) is 11.4 Å². The molecule has 0 atom stereocenters. The molecule has 0 spiro atoms. The van der Waals surface area contributed by atoms with Crippen molar-refractivity contribution in [1.29, 1.82) is 0 Å². The van der Waals surface area contributed by atoms with Gasteiger partial charge >= 0.3 is 11.8 Å². The fraction of sp³-hybridized carbons (Fsp3) is 0.0800. The maximum absolute atomic E-state index is 13.2. The van der Waals surface area contributed by atoms with Gasteiger partial charge in [0.25, 0.3) is 5.91 Å². The summed E-state index contributed by atoms with van der Waals surface area (Å²) in [5.74, 6) is -2.39. The van der Waals surface area contributed by atoms with Crippen LogP contribution in [0.1, 0.15) is 21.6 Å². The summed E-state index contributed by atoms with van der Waals surface area (Å²) in [5.41, 5.74) is 6.01. The first-order valence-electron chi connectivity index (χ1n) is 10.3. The van der Waals surface area contributed by atoms with Gasteiger partial charge in [0, 0.05) is 16.1 Å². The van der Waals surface area contributed by atoms with E-state index < -0.39 is 17.7 Å². The summed E-state index contributed by atoms with van der Waals surface area (Å²) in [6.07, 6.45) is 0. The topological polar surface area (TPSA) is 92.2 Å². The molecule has 0 saturated carbocycles. The number of rotatable bonds is 4. The Hall–Kier alpha value is -3.81. The average Bonchev–Trinajstić information content (AvgIpc) is 3.12. The Labute approximate surface area is 205 Å². The highest BCUT2D eigenvalue weighted by molar-refractivity contribution is 6.44. The van der Waals surface area contributed by atoms with Crippen LogP contribution in [0.3, 0.4) is 0 Å². The van der Waals surface area contributed by atoms with E-state index >= 15 is 0 Å². The fourth-order valence-corrected chi connectivity index (χ4v) is 3.97. The van der Waals surface area contributed by atoms with Gasteiger partial charge in [0.1, 0.15) is 5.69 Å². The predicted molar refractivity (Wildman–Crippen MR) is 135 cm³/mol. The number of hydrogen-bond donors (Lipinski definition) is 3. The number of aromatic nitrogens is 1. The van der Waals surface area contributed by atoms with Crippen LogP contribution in [0.2, 0.25) is 10.0 Å². The Bertz CT molecular complexity index is 1430. The molecule has 3 N–H and O–H groups in total. The number of benzene rings is 3. The first-order valence-corrected chi connectivity index (χ1v) is 11.0. The molecule has 7 nitrogen and oxygen atoms in total. The number of fused-ring (bicyclic) bond motifs is 1. The zero-order valence-electron chi connectivity index (χ0n) is 18.3. The summed E-state index contributed by atoms with van der Waals surface area (Å²) in [6, 6.07) is 18.7. The van der Waals surface area contributed by atoms with Crippen LogP contribution in [0.25, 0.3) is 10.9 Å². The average molecular weight is 495 g/mol. The van der Waals surface area contributed by atoms with Crippen LogP contribution in [0, 0.1) is 13.8 Å². The number of aryl methyl sites for hydroxylation is 2. The Kier molecular flexibility index (Phi) is 6.58. The summed E-state index contributed by atoms with van der Waals surface area (Å²) >= 11 is 12.2. The number of amides is 3. The van der Waals surface area contributed by atoms with E-state index in [1.54, 1.807) is 48.5 Å². The molecule has 1 heterocycles. The van der Waals surface area contributed by atoms with Crippen LogP contribution in [0.5, 0.6) is 0 Å². The Balaban J connectivity index is 1.65. The molecule has 3 aromatic carbocycles. The van der Waals surface area contributed by atoms with Gasteiger partial charge in [-0.1, -0.05) is 41.4 Å². The van der Waals surface area contributed by atoms with Crippen LogP contribution in [-0.4, -0.2) is 22.4 Å². The maximum Gasteiger partial charge on any atom is 0.328 e. The van der Waals surface area contributed by atoms with E-state index in [9.17, 15) is 14.4 Å². The smallest absolute Gasteiger partial charge is 0.321 e. The quantitative estimate of drug-likeness (QED) is 0.326. The molecule has 0 unspecified atom stereocenters. The third-order valence-corrected chi connectivity index (χ3v) is 5.58. The van der Waals surface area contributed by atoms with Crippen molar-refractivity contribution in [3.05, 3.63) is 93.6 Å². The lowest BCUT2D eigenvalue weighted by Crippen LogP contribution is -2.36. The summed E-state index contributed by atoms with van der Waals surface area (Å²) in [6.45, 7) is 3.86. The molecule has 172 valence electrons. The molecule has 3 amide bonds.